The third-order valence-electron chi connectivity index (χ3n) is 2.96. The molecule has 0 aromatic heterocycles. The maximum atomic E-state index is 9.94. The summed E-state index contributed by atoms with van der Waals surface area (Å²) < 4.78 is 0. The molecule has 1 atom stereocenters. The lowest BCUT2D eigenvalue weighted by molar-refractivity contribution is 0.162. The van der Waals surface area contributed by atoms with Gasteiger partial charge in [0.05, 0.1) is 12.7 Å². The summed E-state index contributed by atoms with van der Waals surface area (Å²) in [6, 6.07) is 5.92. The Morgan fingerprint density at radius 3 is 2.93 bits per heavy atom. The van der Waals surface area contributed by atoms with E-state index in [2.05, 4.69) is 6.07 Å². The van der Waals surface area contributed by atoms with Crippen LogP contribution in [0.5, 0.6) is 0 Å². The number of hydrogen-bond donors (Lipinski definition) is 2. The van der Waals surface area contributed by atoms with Gasteiger partial charge in [0, 0.05) is 0 Å². The molecule has 1 aromatic carbocycles. The van der Waals surface area contributed by atoms with Gasteiger partial charge in [0.2, 0.25) is 0 Å². The molecule has 2 nitrogen and oxygen atoms in total. The fraction of sp³-hybridized carbons (Fsp3) is 0.500. The highest BCUT2D eigenvalue weighted by atomic mass is 16.3. The van der Waals surface area contributed by atoms with Gasteiger partial charge < -0.3 is 10.2 Å². The molecule has 14 heavy (non-hydrogen) atoms. The van der Waals surface area contributed by atoms with Crippen molar-refractivity contribution in [2.24, 2.45) is 0 Å². The molecule has 2 N–H and O–H groups in total. The van der Waals surface area contributed by atoms with E-state index in [9.17, 15) is 10.2 Å². The van der Waals surface area contributed by atoms with Gasteiger partial charge in [-0.2, -0.15) is 0 Å². The number of hydrogen-bond acceptors (Lipinski definition) is 2. The molecule has 2 rings (SSSR count). The number of rotatable bonds is 1. The minimum Gasteiger partial charge on any atom is -0.392 e. The number of aliphatic hydroxyl groups is 2. The monoisotopic (exact) mass is 192 g/mol. The molecule has 0 fully saturated rings. The predicted octanol–water partition coefficient (Wildman–Crippen LogP) is 1.94. The predicted molar refractivity (Wildman–Crippen MR) is 54.9 cm³/mol. The SMILES string of the molecule is OCc1cccc2c1C(O)CCCC2. The molecule has 2 heteroatoms. The third kappa shape index (κ3) is 1.68. The topological polar surface area (TPSA) is 40.5 Å². The molecule has 0 amide bonds. The lowest BCUT2D eigenvalue weighted by Crippen LogP contribution is -2.04. The fourth-order valence-electron chi connectivity index (χ4n) is 2.25. The summed E-state index contributed by atoms with van der Waals surface area (Å²) in [5.74, 6) is 0. The van der Waals surface area contributed by atoms with Gasteiger partial charge in [0.25, 0.3) is 0 Å². The molecule has 1 aromatic rings. The molecule has 0 aliphatic heterocycles. The highest BCUT2D eigenvalue weighted by molar-refractivity contribution is 5.37. The van der Waals surface area contributed by atoms with Crippen molar-refractivity contribution in [3.05, 3.63) is 34.9 Å². The summed E-state index contributed by atoms with van der Waals surface area (Å²) in [7, 11) is 0. The first kappa shape index (κ1) is 9.69. The first-order valence-corrected chi connectivity index (χ1v) is 5.22. The lowest BCUT2D eigenvalue weighted by atomic mass is 9.96. The Bertz CT molecular complexity index is 320. The first-order valence-electron chi connectivity index (χ1n) is 5.22. The first-order chi connectivity index (χ1) is 6.83. The van der Waals surface area contributed by atoms with Gasteiger partial charge in [-0.1, -0.05) is 24.6 Å². The Hall–Kier alpha value is -0.860. The van der Waals surface area contributed by atoms with Crippen LogP contribution in [0.25, 0.3) is 0 Å². The van der Waals surface area contributed by atoms with Gasteiger partial charge in [0.1, 0.15) is 0 Å². The second-order valence-corrected chi connectivity index (χ2v) is 3.91. The summed E-state index contributed by atoms with van der Waals surface area (Å²) >= 11 is 0. The van der Waals surface area contributed by atoms with Crippen LogP contribution in [0, 0.1) is 0 Å². The van der Waals surface area contributed by atoms with Gasteiger partial charge in [-0.3, -0.25) is 0 Å². The minimum absolute atomic E-state index is 0.0280. The molecule has 1 unspecified atom stereocenters. The van der Waals surface area contributed by atoms with E-state index in [1.165, 1.54) is 5.56 Å². The largest absolute Gasteiger partial charge is 0.392 e. The van der Waals surface area contributed by atoms with Gasteiger partial charge in [0.15, 0.2) is 0 Å². The average molecular weight is 192 g/mol. The standard InChI is InChI=1S/C12H16O2/c13-8-10-6-3-5-9-4-1-2-7-11(14)12(9)10/h3,5-6,11,13-14H,1-2,4,7-8H2. The molecule has 0 heterocycles. The van der Waals surface area contributed by atoms with Crippen molar-refractivity contribution >= 4 is 0 Å². The summed E-state index contributed by atoms with van der Waals surface area (Å²) in [5.41, 5.74) is 3.07. The summed E-state index contributed by atoms with van der Waals surface area (Å²) in [6.07, 6.45) is 3.68. The molecule has 1 aliphatic carbocycles. The summed E-state index contributed by atoms with van der Waals surface area (Å²) in [5, 5.41) is 19.1. The third-order valence-corrected chi connectivity index (χ3v) is 2.96. The van der Waals surface area contributed by atoms with Crippen molar-refractivity contribution in [3.8, 4) is 0 Å². The van der Waals surface area contributed by atoms with Crippen LogP contribution in [-0.4, -0.2) is 10.2 Å². The Morgan fingerprint density at radius 1 is 1.29 bits per heavy atom. The van der Waals surface area contributed by atoms with Gasteiger partial charge in [-0.05, 0) is 36.0 Å². The Morgan fingerprint density at radius 2 is 2.14 bits per heavy atom. The Balaban J connectivity index is 2.47. The highest BCUT2D eigenvalue weighted by Gasteiger charge is 2.18. The zero-order valence-electron chi connectivity index (χ0n) is 8.24. The molecular weight excluding hydrogens is 176 g/mol. The van der Waals surface area contributed by atoms with Crippen molar-refractivity contribution in [1.29, 1.82) is 0 Å². The van der Waals surface area contributed by atoms with Crippen LogP contribution in [0.3, 0.4) is 0 Å². The molecule has 76 valence electrons. The fourth-order valence-corrected chi connectivity index (χ4v) is 2.25. The second-order valence-electron chi connectivity index (χ2n) is 3.91. The molecule has 0 spiro atoms. The molecule has 0 bridgehead atoms. The highest BCUT2D eigenvalue weighted by Crippen LogP contribution is 2.31. The van der Waals surface area contributed by atoms with Crippen molar-refractivity contribution in [2.75, 3.05) is 0 Å². The van der Waals surface area contributed by atoms with Crippen molar-refractivity contribution in [2.45, 2.75) is 38.4 Å². The second kappa shape index (κ2) is 4.11. The van der Waals surface area contributed by atoms with E-state index in [4.69, 9.17) is 0 Å². The van der Waals surface area contributed by atoms with Crippen LogP contribution in [0.4, 0.5) is 0 Å². The van der Waals surface area contributed by atoms with Gasteiger partial charge >= 0.3 is 0 Å². The van der Waals surface area contributed by atoms with Crippen LogP contribution in [0.1, 0.15) is 42.1 Å². The molecule has 0 saturated carbocycles. The maximum Gasteiger partial charge on any atom is 0.0796 e. The smallest absolute Gasteiger partial charge is 0.0796 e. The number of aliphatic hydroxyl groups excluding tert-OH is 2. The van der Waals surface area contributed by atoms with Crippen LogP contribution in [0.2, 0.25) is 0 Å². The normalized spacial score (nSPS) is 21.4. The Labute approximate surface area is 84.2 Å². The van der Waals surface area contributed by atoms with Crippen LogP contribution in [-0.2, 0) is 13.0 Å². The van der Waals surface area contributed by atoms with Crippen molar-refractivity contribution in [1.82, 2.24) is 0 Å². The number of benzene rings is 1. The van der Waals surface area contributed by atoms with Crippen LogP contribution < -0.4 is 0 Å². The zero-order valence-corrected chi connectivity index (χ0v) is 8.24. The van der Waals surface area contributed by atoms with E-state index in [-0.39, 0.29) is 12.7 Å². The van der Waals surface area contributed by atoms with E-state index in [0.717, 1.165) is 36.8 Å². The summed E-state index contributed by atoms with van der Waals surface area (Å²) in [6.45, 7) is 0.0280. The molecule has 0 radical (unpaired) electrons. The van der Waals surface area contributed by atoms with E-state index >= 15 is 0 Å². The van der Waals surface area contributed by atoms with Crippen LogP contribution in [0.15, 0.2) is 18.2 Å². The van der Waals surface area contributed by atoms with E-state index in [0.29, 0.717) is 0 Å². The van der Waals surface area contributed by atoms with Gasteiger partial charge in [-0.15, -0.1) is 0 Å². The quantitative estimate of drug-likeness (QED) is 0.667. The molecule has 1 aliphatic rings. The lowest BCUT2D eigenvalue weighted by Gasteiger charge is -2.15. The minimum atomic E-state index is -0.379. The van der Waals surface area contributed by atoms with Crippen molar-refractivity contribution in [3.63, 3.8) is 0 Å². The van der Waals surface area contributed by atoms with Crippen LogP contribution >= 0.6 is 0 Å². The zero-order chi connectivity index (χ0) is 9.97. The van der Waals surface area contributed by atoms with Crippen molar-refractivity contribution < 1.29 is 10.2 Å². The summed E-state index contributed by atoms with van der Waals surface area (Å²) in [4.78, 5) is 0. The maximum absolute atomic E-state index is 9.94. The van der Waals surface area contributed by atoms with Gasteiger partial charge in [-0.25, -0.2) is 0 Å². The van der Waals surface area contributed by atoms with E-state index < -0.39 is 0 Å². The van der Waals surface area contributed by atoms with E-state index in [1.54, 1.807) is 0 Å². The molecule has 0 saturated heterocycles. The molecular formula is C12H16O2. The number of aryl methyl sites for hydroxylation is 1. The van der Waals surface area contributed by atoms with E-state index in [1.807, 2.05) is 12.1 Å². The average Bonchev–Trinajstić information content (AvgIpc) is 2.40. The number of fused-ring (bicyclic) bond motifs is 1. The Kier molecular flexibility index (Phi) is 2.85.